The lowest BCUT2D eigenvalue weighted by Crippen LogP contribution is -2.16. The van der Waals surface area contributed by atoms with Crippen molar-refractivity contribution in [2.45, 2.75) is 59.3 Å². The zero-order chi connectivity index (χ0) is 17.3. The largest absolute Gasteiger partial charge is 0.254 e. The molecule has 23 heavy (non-hydrogen) atoms. The van der Waals surface area contributed by atoms with Gasteiger partial charge < -0.3 is 0 Å². The van der Waals surface area contributed by atoms with Crippen molar-refractivity contribution in [3.63, 3.8) is 0 Å². The van der Waals surface area contributed by atoms with Crippen molar-refractivity contribution in [2.75, 3.05) is 0 Å². The minimum Gasteiger partial charge on any atom is -0.254 e. The molecule has 0 aliphatic heterocycles. The SMILES string of the molecule is Cc1cccc(C=Cc2cc(C(C)(C)C)cc(C(C)(C)C)c2)n1. The van der Waals surface area contributed by atoms with Gasteiger partial charge in [0.15, 0.2) is 0 Å². The Labute approximate surface area is 141 Å². The van der Waals surface area contributed by atoms with Crippen LogP contribution in [0.5, 0.6) is 0 Å². The molecule has 0 N–H and O–H groups in total. The maximum atomic E-state index is 4.54. The second-order valence-electron chi connectivity index (χ2n) is 8.38. The molecule has 0 radical (unpaired) electrons. The predicted molar refractivity (Wildman–Crippen MR) is 102 cm³/mol. The first kappa shape index (κ1) is 17.5. The van der Waals surface area contributed by atoms with Gasteiger partial charge in [0.25, 0.3) is 0 Å². The van der Waals surface area contributed by atoms with Gasteiger partial charge in [-0.2, -0.15) is 0 Å². The van der Waals surface area contributed by atoms with Gasteiger partial charge in [0, 0.05) is 5.69 Å². The lowest BCUT2D eigenvalue weighted by molar-refractivity contribution is 0.568. The Bertz CT molecular complexity index is 677. The maximum absolute atomic E-state index is 4.54. The van der Waals surface area contributed by atoms with E-state index in [-0.39, 0.29) is 10.8 Å². The molecule has 0 unspecified atom stereocenters. The number of pyridine rings is 1. The van der Waals surface area contributed by atoms with Crippen molar-refractivity contribution in [1.82, 2.24) is 4.98 Å². The van der Waals surface area contributed by atoms with Crippen molar-refractivity contribution in [3.8, 4) is 0 Å². The van der Waals surface area contributed by atoms with Crippen LogP contribution in [0, 0.1) is 6.92 Å². The lowest BCUT2D eigenvalue weighted by atomic mass is 9.79. The van der Waals surface area contributed by atoms with Crippen LogP contribution in [0.1, 0.15) is 69.6 Å². The van der Waals surface area contributed by atoms with Gasteiger partial charge in [0.05, 0.1) is 5.69 Å². The van der Waals surface area contributed by atoms with Gasteiger partial charge in [0.1, 0.15) is 0 Å². The number of aryl methyl sites for hydroxylation is 1. The zero-order valence-corrected chi connectivity index (χ0v) is 15.6. The molecule has 2 aromatic rings. The van der Waals surface area contributed by atoms with E-state index in [1.54, 1.807) is 0 Å². The number of rotatable bonds is 2. The quantitative estimate of drug-likeness (QED) is 0.648. The smallest absolute Gasteiger partial charge is 0.0633 e. The van der Waals surface area contributed by atoms with Crippen LogP contribution < -0.4 is 0 Å². The van der Waals surface area contributed by atoms with Crippen LogP contribution in [-0.2, 0) is 10.8 Å². The predicted octanol–water partition coefficient (Wildman–Crippen LogP) is 6.16. The van der Waals surface area contributed by atoms with E-state index in [2.05, 4.69) is 76.9 Å². The monoisotopic (exact) mass is 307 g/mol. The molecule has 122 valence electrons. The third kappa shape index (κ3) is 4.79. The van der Waals surface area contributed by atoms with Gasteiger partial charge in [-0.05, 0) is 52.7 Å². The molecule has 0 amide bonds. The van der Waals surface area contributed by atoms with Gasteiger partial charge in [0.2, 0.25) is 0 Å². The van der Waals surface area contributed by atoms with Gasteiger partial charge >= 0.3 is 0 Å². The molecule has 1 aromatic carbocycles. The fraction of sp³-hybridized carbons (Fsp3) is 0.409. The summed E-state index contributed by atoms with van der Waals surface area (Å²) < 4.78 is 0. The fourth-order valence-electron chi connectivity index (χ4n) is 2.45. The second kappa shape index (κ2) is 6.31. The van der Waals surface area contributed by atoms with E-state index in [0.29, 0.717) is 0 Å². The summed E-state index contributed by atoms with van der Waals surface area (Å²) in [5, 5.41) is 0. The molecule has 1 heteroatoms. The first-order chi connectivity index (χ1) is 10.6. The molecule has 1 aromatic heterocycles. The van der Waals surface area contributed by atoms with Crippen LogP contribution in [0.25, 0.3) is 12.2 Å². The zero-order valence-electron chi connectivity index (χ0n) is 15.6. The summed E-state index contributed by atoms with van der Waals surface area (Å²) in [4.78, 5) is 4.54. The highest BCUT2D eigenvalue weighted by molar-refractivity contribution is 5.69. The Balaban J connectivity index is 2.45. The molecule has 0 saturated heterocycles. The summed E-state index contributed by atoms with van der Waals surface area (Å²) in [6.45, 7) is 15.6. The highest BCUT2D eigenvalue weighted by Gasteiger charge is 2.19. The van der Waals surface area contributed by atoms with Crippen LogP contribution in [0.3, 0.4) is 0 Å². The molecule has 0 saturated carbocycles. The molecular formula is C22H29N. The van der Waals surface area contributed by atoms with E-state index < -0.39 is 0 Å². The molecule has 0 aliphatic rings. The molecule has 0 aliphatic carbocycles. The number of benzene rings is 1. The third-order valence-corrected chi connectivity index (χ3v) is 4.04. The highest BCUT2D eigenvalue weighted by atomic mass is 14.7. The van der Waals surface area contributed by atoms with Crippen molar-refractivity contribution >= 4 is 12.2 Å². The Hall–Kier alpha value is -1.89. The molecule has 0 fully saturated rings. The Morgan fingerprint density at radius 2 is 1.35 bits per heavy atom. The first-order valence-corrected chi connectivity index (χ1v) is 8.33. The summed E-state index contributed by atoms with van der Waals surface area (Å²) in [5.41, 5.74) is 6.33. The van der Waals surface area contributed by atoms with Crippen molar-refractivity contribution < 1.29 is 0 Å². The molecule has 2 rings (SSSR count). The summed E-state index contributed by atoms with van der Waals surface area (Å²) in [5.74, 6) is 0. The van der Waals surface area contributed by atoms with E-state index in [1.807, 2.05) is 25.1 Å². The van der Waals surface area contributed by atoms with E-state index in [9.17, 15) is 0 Å². The number of nitrogens with zero attached hydrogens (tertiary/aromatic N) is 1. The summed E-state index contributed by atoms with van der Waals surface area (Å²) in [6, 6.07) is 13.1. The number of hydrogen-bond donors (Lipinski definition) is 0. The average Bonchev–Trinajstić information content (AvgIpc) is 2.43. The minimum absolute atomic E-state index is 0.144. The average molecular weight is 307 g/mol. The van der Waals surface area contributed by atoms with Crippen LogP contribution in [0.2, 0.25) is 0 Å². The summed E-state index contributed by atoms with van der Waals surface area (Å²) in [7, 11) is 0. The van der Waals surface area contributed by atoms with Crippen molar-refractivity contribution in [3.05, 3.63) is 64.5 Å². The second-order valence-corrected chi connectivity index (χ2v) is 8.38. The third-order valence-electron chi connectivity index (χ3n) is 4.04. The van der Waals surface area contributed by atoms with Crippen molar-refractivity contribution in [2.24, 2.45) is 0 Å². The van der Waals surface area contributed by atoms with Crippen LogP contribution in [0.15, 0.2) is 36.4 Å². The van der Waals surface area contributed by atoms with Gasteiger partial charge in [-0.15, -0.1) is 0 Å². The molecule has 0 spiro atoms. The topological polar surface area (TPSA) is 12.9 Å². The van der Waals surface area contributed by atoms with E-state index in [1.165, 1.54) is 16.7 Å². The normalized spacial score (nSPS) is 12.8. The molecule has 0 atom stereocenters. The van der Waals surface area contributed by atoms with Crippen molar-refractivity contribution in [1.29, 1.82) is 0 Å². The Kier molecular flexibility index (Phi) is 4.79. The first-order valence-electron chi connectivity index (χ1n) is 8.33. The van der Waals surface area contributed by atoms with Gasteiger partial charge in [-0.25, -0.2) is 0 Å². The van der Waals surface area contributed by atoms with Crippen LogP contribution in [-0.4, -0.2) is 4.98 Å². The van der Waals surface area contributed by atoms with Gasteiger partial charge in [-0.3, -0.25) is 4.98 Å². The minimum atomic E-state index is 0.144. The van der Waals surface area contributed by atoms with Gasteiger partial charge in [-0.1, -0.05) is 71.9 Å². The summed E-state index contributed by atoms with van der Waals surface area (Å²) in [6.07, 6.45) is 4.27. The fourth-order valence-corrected chi connectivity index (χ4v) is 2.45. The molecule has 1 heterocycles. The number of aromatic nitrogens is 1. The van der Waals surface area contributed by atoms with E-state index in [4.69, 9.17) is 0 Å². The van der Waals surface area contributed by atoms with E-state index in [0.717, 1.165) is 11.4 Å². The lowest BCUT2D eigenvalue weighted by Gasteiger charge is -2.25. The number of hydrogen-bond acceptors (Lipinski definition) is 1. The molecular weight excluding hydrogens is 278 g/mol. The van der Waals surface area contributed by atoms with Crippen LogP contribution >= 0.6 is 0 Å². The highest BCUT2D eigenvalue weighted by Crippen LogP contribution is 2.30. The standard InChI is InChI=1S/C22H29N/c1-16-9-8-10-20(23-16)12-11-17-13-18(21(2,3)4)15-19(14-17)22(5,6)7/h8-15H,1-7H3. The Morgan fingerprint density at radius 1 is 0.783 bits per heavy atom. The van der Waals surface area contributed by atoms with Crippen LogP contribution in [0.4, 0.5) is 0 Å². The summed E-state index contributed by atoms with van der Waals surface area (Å²) >= 11 is 0. The Morgan fingerprint density at radius 3 is 1.83 bits per heavy atom. The maximum Gasteiger partial charge on any atom is 0.0633 e. The van der Waals surface area contributed by atoms with E-state index >= 15 is 0 Å². The molecule has 1 nitrogen and oxygen atoms in total. The molecule has 0 bridgehead atoms.